The van der Waals surface area contributed by atoms with Crippen LogP contribution in [-0.2, 0) is 6.61 Å². The molecule has 0 aromatic carbocycles. The number of nitrogens with zero attached hydrogens (tertiary/aromatic N) is 1. The molecule has 2 N–H and O–H groups in total. The number of rotatable bonds is 3. The van der Waals surface area contributed by atoms with Crippen LogP contribution in [0.3, 0.4) is 0 Å². The fraction of sp³-hybridized carbons (Fsp3) is 0.500. The molecule has 1 rings (SSSR count). The lowest BCUT2D eigenvalue weighted by Crippen LogP contribution is -1.90. The third kappa shape index (κ3) is 1.48. The molecule has 0 aliphatic rings. The molecule has 0 amide bonds. The number of aromatic amines is 1. The lowest BCUT2D eigenvalue weighted by Gasteiger charge is -1.92. The Morgan fingerprint density at radius 1 is 1.80 bits per heavy atom. The van der Waals surface area contributed by atoms with E-state index in [9.17, 15) is 0 Å². The van der Waals surface area contributed by atoms with Crippen molar-refractivity contribution in [2.24, 2.45) is 0 Å². The summed E-state index contributed by atoms with van der Waals surface area (Å²) in [7, 11) is 0. The second-order valence-electron chi connectivity index (χ2n) is 1.82. The Kier molecular flexibility index (Phi) is 2.28. The second-order valence-corrected chi connectivity index (χ2v) is 1.82. The first kappa shape index (κ1) is 7.08. The highest BCUT2D eigenvalue weighted by molar-refractivity contribution is 5.12. The van der Waals surface area contributed by atoms with Gasteiger partial charge in [0, 0.05) is 6.07 Å². The summed E-state index contributed by atoms with van der Waals surface area (Å²) in [4.78, 5) is 0. The molecule has 0 radical (unpaired) electrons. The highest BCUT2D eigenvalue weighted by Crippen LogP contribution is 2.06. The van der Waals surface area contributed by atoms with Crippen LogP contribution in [0.4, 0.5) is 0 Å². The summed E-state index contributed by atoms with van der Waals surface area (Å²) in [6.07, 6.45) is 0. The number of nitrogens with one attached hydrogen (secondary N) is 1. The quantitative estimate of drug-likeness (QED) is 0.638. The number of hydrogen-bond acceptors (Lipinski definition) is 3. The number of ether oxygens (including phenoxy) is 1. The van der Waals surface area contributed by atoms with Crippen molar-refractivity contribution in [3.05, 3.63) is 11.8 Å². The van der Waals surface area contributed by atoms with Gasteiger partial charge in [0.15, 0.2) is 0 Å². The Morgan fingerprint density at radius 3 is 3.10 bits per heavy atom. The van der Waals surface area contributed by atoms with Gasteiger partial charge in [0.25, 0.3) is 0 Å². The Balaban J connectivity index is 2.59. The van der Waals surface area contributed by atoms with Crippen LogP contribution >= 0.6 is 0 Å². The number of aliphatic hydroxyl groups excluding tert-OH is 1. The lowest BCUT2D eigenvalue weighted by molar-refractivity contribution is 0.276. The molecule has 0 aliphatic carbocycles. The van der Waals surface area contributed by atoms with Crippen molar-refractivity contribution in [3.63, 3.8) is 0 Å². The van der Waals surface area contributed by atoms with Gasteiger partial charge in [0.05, 0.1) is 18.9 Å². The lowest BCUT2D eigenvalue weighted by atomic mass is 10.5. The highest BCUT2D eigenvalue weighted by Gasteiger charge is 1.97. The van der Waals surface area contributed by atoms with Crippen LogP contribution in [0.15, 0.2) is 6.07 Å². The third-order valence-corrected chi connectivity index (χ3v) is 1.07. The fourth-order valence-corrected chi connectivity index (χ4v) is 0.643. The molecule has 56 valence electrons. The molecule has 0 unspecified atom stereocenters. The molecule has 0 saturated heterocycles. The topological polar surface area (TPSA) is 58.1 Å². The van der Waals surface area contributed by atoms with E-state index in [1.807, 2.05) is 6.92 Å². The fourth-order valence-electron chi connectivity index (χ4n) is 0.643. The molecule has 0 bridgehead atoms. The van der Waals surface area contributed by atoms with Crippen LogP contribution in [-0.4, -0.2) is 21.9 Å². The first-order chi connectivity index (χ1) is 4.86. The van der Waals surface area contributed by atoms with E-state index < -0.39 is 0 Å². The zero-order chi connectivity index (χ0) is 7.40. The van der Waals surface area contributed by atoms with Gasteiger partial charge in [-0.25, -0.2) is 0 Å². The maximum Gasteiger partial charge on any atom is 0.232 e. The van der Waals surface area contributed by atoms with Crippen molar-refractivity contribution < 1.29 is 9.84 Å². The van der Waals surface area contributed by atoms with Gasteiger partial charge in [-0.15, -0.1) is 5.10 Å². The van der Waals surface area contributed by atoms with Gasteiger partial charge in [-0.1, -0.05) is 0 Å². The molecular weight excluding hydrogens is 132 g/mol. The predicted molar refractivity (Wildman–Crippen MR) is 35.7 cm³/mol. The van der Waals surface area contributed by atoms with Crippen molar-refractivity contribution in [1.82, 2.24) is 10.2 Å². The molecule has 4 heteroatoms. The second kappa shape index (κ2) is 3.22. The molecule has 0 aliphatic heterocycles. The van der Waals surface area contributed by atoms with Gasteiger partial charge in [0.1, 0.15) is 0 Å². The summed E-state index contributed by atoms with van der Waals surface area (Å²) in [5.41, 5.74) is 0.670. The average Bonchev–Trinajstić information content (AvgIpc) is 2.37. The van der Waals surface area contributed by atoms with E-state index in [2.05, 4.69) is 10.2 Å². The van der Waals surface area contributed by atoms with Crippen molar-refractivity contribution in [2.45, 2.75) is 13.5 Å². The Bertz CT molecular complexity index is 197. The summed E-state index contributed by atoms with van der Waals surface area (Å²) in [5.74, 6) is 0.534. The van der Waals surface area contributed by atoms with Gasteiger partial charge in [-0.05, 0) is 6.92 Å². The largest absolute Gasteiger partial charge is 0.477 e. The smallest absolute Gasteiger partial charge is 0.232 e. The minimum Gasteiger partial charge on any atom is -0.477 e. The molecular formula is C6H10N2O2. The van der Waals surface area contributed by atoms with Crippen molar-refractivity contribution in [3.8, 4) is 5.88 Å². The summed E-state index contributed by atoms with van der Waals surface area (Å²) in [6, 6.07) is 1.67. The monoisotopic (exact) mass is 142 g/mol. The first-order valence-electron chi connectivity index (χ1n) is 3.14. The zero-order valence-electron chi connectivity index (χ0n) is 5.79. The Morgan fingerprint density at radius 2 is 2.60 bits per heavy atom. The molecule has 10 heavy (non-hydrogen) atoms. The van der Waals surface area contributed by atoms with Crippen molar-refractivity contribution in [1.29, 1.82) is 0 Å². The number of aliphatic hydroxyl groups is 1. The molecule has 0 spiro atoms. The zero-order valence-corrected chi connectivity index (χ0v) is 5.79. The maximum absolute atomic E-state index is 8.59. The summed E-state index contributed by atoms with van der Waals surface area (Å²) in [5, 5.41) is 15.0. The minimum atomic E-state index is -0.0277. The van der Waals surface area contributed by atoms with E-state index >= 15 is 0 Å². The minimum absolute atomic E-state index is 0.0277. The SMILES string of the molecule is CCOc1cc(CO)[nH]n1. The maximum atomic E-state index is 8.59. The summed E-state index contributed by atoms with van der Waals surface area (Å²) < 4.78 is 5.03. The van der Waals surface area contributed by atoms with Gasteiger partial charge in [0.2, 0.25) is 5.88 Å². The molecule has 4 nitrogen and oxygen atoms in total. The normalized spacial score (nSPS) is 9.80. The van der Waals surface area contributed by atoms with Crippen LogP contribution < -0.4 is 4.74 Å². The number of H-pyrrole nitrogens is 1. The van der Waals surface area contributed by atoms with E-state index in [4.69, 9.17) is 9.84 Å². The van der Waals surface area contributed by atoms with E-state index in [1.165, 1.54) is 0 Å². The Labute approximate surface area is 58.8 Å². The molecule has 0 atom stereocenters. The number of hydrogen-bond donors (Lipinski definition) is 2. The molecule has 1 heterocycles. The molecule has 0 fully saturated rings. The van der Waals surface area contributed by atoms with Gasteiger partial charge < -0.3 is 9.84 Å². The molecule has 1 aromatic rings. The van der Waals surface area contributed by atoms with Crippen molar-refractivity contribution >= 4 is 0 Å². The Hall–Kier alpha value is -1.03. The number of aromatic nitrogens is 2. The van der Waals surface area contributed by atoms with Gasteiger partial charge in [-0.3, -0.25) is 5.10 Å². The van der Waals surface area contributed by atoms with E-state index in [0.717, 1.165) is 0 Å². The van der Waals surface area contributed by atoms with Crippen LogP contribution in [0.25, 0.3) is 0 Å². The third-order valence-electron chi connectivity index (χ3n) is 1.07. The molecule has 1 aromatic heterocycles. The van der Waals surface area contributed by atoms with Crippen LogP contribution in [0, 0.1) is 0 Å². The van der Waals surface area contributed by atoms with Crippen LogP contribution in [0.5, 0.6) is 5.88 Å². The highest BCUT2D eigenvalue weighted by atomic mass is 16.5. The van der Waals surface area contributed by atoms with E-state index in [-0.39, 0.29) is 6.61 Å². The summed E-state index contributed by atoms with van der Waals surface area (Å²) in [6.45, 7) is 2.45. The van der Waals surface area contributed by atoms with Gasteiger partial charge in [-0.2, -0.15) is 0 Å². The van der Waals surface area contributed by atoms with Crippen molar-refractivity contribution in [2.75, 3.05) is 6.61 Å². The average molecular weight is 142 g/mol. The van der Waals surface area contributed by atoms with Gasteiger partial charge >= 0.3 is 0 Å². The summed E-state index contributed by atoms with van der Waals surface area (Å²) >= 11 is 0. The van der Waals surface area contributed by atoms with E-state index in [0.29, 0.717) is 18.2 Å². The molecule has 0 saturated carbocycles. The standard InChI is InChI=1S/C6H10N2O2/c1-2-10-6-3-5(4-9)7-8-6/h3,9H,2,4H2,1H3,(H,7,8). The van der Waals surface area contributed by atoms with E-state index in [1.54, 1.807) is 6.07 Å². The van der Waals surface area contributed by atoms with Crippen LogP contribution in [0.2, 0.25) is 0 Å². The predicted octanol–water partition coefficient (Wildman–Crippen LogP) is 0.301. The first-order valence-corrected chi connectivity index (χ1v) is 3.14. The van der Waals surface area contributed by atoms with Crippen LogP contribution in [0.1, 0.15) is 12.6 Å².